The second kappa shape index (κ2) is 3.51. The first kappa shape index (κ1) is 10.5. The molecule has 2 bridgehead atoms. The lowest BCUT2D eigenvalue weighted by molar-refractivity contribution is -0.140. The molecule has 4 nitrogen and oxygen atoms in total. The zero-order valence-electron chi connectivity index (χ0n) is 9.56. The lowest BCUT2D eigenvalue weighted by Crippen LogP contribution is -2.51. The van der Waals surface area contributed by atoms with Crippen LogP contribution in [-0.2, 0) is 9.59 Å². The summed E-state index contributed by atoms with van der Waals surface area (Å²) in [4.78, 5) is 27.0. The van der Waals surface area contributed by atoms with Crippen LogP contribution in [0.1, 0.15) is 27.2 Å². The summed E-state index contributed by atoms with van der Waals surface area (Å²) in [5.41, 5.74) is 0. The highest BCUT2D eigenvalue weighted by Gasteiger charge is 2.46. The molecule has 2 aliphatic rings. The minimum absolute atomic E-state index is 0.0649. The van der Waals surface area contributed by atoms with E-state index in [1.165, 1.54) is 0 Å². The van der Waals surface area contributed by atoms with Gasteiger partial charge in [0.05, 0.1) is 12.1 Å². The van der Waals surface area contributed by atoms with Crippen molar-refractivity contribution in [1.82, 2.24) is 9.80 Å². The number of hydrogen-bond donors (Lipinski definition) is 0. The van der Waals surface area contributed by atoms with Gasteiger partial charge in [0.15, 0.2) is 0 Å². The Hall–Kier alpha value is -1.06. The molecular weight excluding hydrogens is 192 g/mol. The number of rotatable bonds is 1. The Bertz CT molecular complexity index is 301. The Morgan fingerprint density at radius 2 is 1.67 bits per heavy atom. The van der Waals surface area contributed by atoms with Gasteiger partial charge >= 0.3 is 0 Å². The van der Waals surface area contributed by atoms with E-state index in [-0.39, 0.29) is 29.8 Å². The Balaban J connectivity index is 2.03. The second-order valence-electron chi connectivity index (χ2n) is 4.86. The predicted octanol–water partition coefficient (Wildman–Crippen LogP) is 0.474. The van der Waals surface area contributed by atoms with E-state index in [4.69, 9.17) is 0 Å². The van der Waals surface area contributed by atoms with Crippen LogP contribution in [0.4, 0.5) is 0 Å². The van der Waals surface area contributed by atoms with E-state index in [0.29, 0.717) is 0 Å². The molecule has 4 heteroatoms. The quantitative estimate of drug-likeness (QED) is 0.631. The van der Waals surface area contributed by atoms with E-state index in [1.54, 1.807) is 6.92 Å². The fourth-order valence-corrected chi connectivity index (χ4v) is 2.65. The third-order valence-corrected chi connectivity index (χ3v) is 3.42. The van der Waals surface area contributed by atoms with Crippen LogP contribution in [0.5, 0.6) is 0 Å². The number of fused-ring (bicyclic) bond motifs is 2. The molecule has 0 aromatic heterocycles. The molecule has 0 radical (unpaired) electrons. The molecule has 0 aromatic carbocycles. The SMILES string of the molecule is CC(=O)N1C[C@H]2C[C@@H]1CN2C(=O)C(C)C. The zero-order chi connectivity index (χ0) is 11.2. The summed E-state index contributed by atoms with van der Waals surface area (Å²) in [5.74, 6) is 0.431. The van der Waals surface area contributed by atoms with Crippen molar-refractivity contribution in [1.29, 1.82) is 0 Å². The van der Waals surface area contributed by atoms with Crippen molar-refractivity contribution in [2.75, 3.05) is 13.1 Å². The van der Waals surface area contributed by atoms with E-state index in [2.05, 4.69) is 0 Å². The van der Waals surface area contributed by atoms with Crippen LogP contribution >= 0.6 is 0 Å². The highest BCUT2D eigenvalue weighted by atomic mass is 16.2. The average Bonchev–Trinajstić information content (AvgIpc) is 2.74. The molecule has 0 N–H and O–H groups in total. The normalized spacial score (nSPS) is 29.1. The van der Waals surface area contributed by atoms with Gasteiger partial charge < -0.3 is 9.80 Å². The van der Waals surface area contributed by atoms with Gasteiger partial charge in [-0.25, -0.2) is 0 Å². The molecule has 0 aromatic rings. The maximum atomic E-state index is 11.8. The van der Waals surface area contributed by atoms with Gasteiger partial charge in [0, 0.05) is 25.9 Å². The molecule has 2 amide bonds. The van der Waals surface area contributed by atoms with Crippen molar-refractivity contribution in [2.24, 2.45) is 5.92 Å². The first-order chi connectivity index (χ1) is 7.00. The monoisotopic (exact) mass is 210 g/mol. The summed E-state index contributed by atoms with van der Waals surface area (Å²) in [5, 5.41) is 0. The van der Waals surface area contributed by atoms with Crippen LogP contribution < -0.4 is 0 Å². The summed E-state index contributed by atoms with van der Waals surface area (Å²) in [7, 11) is 0. The summed E-state index contributed by atoms with van der Waals surface area (Å²) < 4.78 is 0. The Morgan fingerprint density at radius 3 is 2.07 bits per heavy atom. The van der Waals surface area contributed by atoms with Crippen LogP contribution in [0.25, 0.3) is 0 Å². The number of carbonyl (C=O) groups is 2. The fourth-order valence-electron chi connectivity index (χ4n) is 2.65. The van der Waals surface area contributed by atoms with Crippen LogP contribution in [0, 0.1) is 5.92 Å². The van der Waals surface area contributed by atoms with E-state index >= 15 is 0 Å². The molecule has 2 atom stereocenters. The van der Waals surface area contributed by atoms with Crippen molar-refractivity contribution in [3.8, 4) is 0 Å². The minimum Gasteiger partial charge on any atom is -0.336 e. The van der Waals surface area contributed by atoms with Crippen molar-refractivity contribution in [2.45, 2.75) is 39.3 Å². The molecule has 0 aliphatic carbocycles. The third kappa shape index (κ3) is 1.62. The first-order valence-corrected chi connectivity index (χ1v) is 5.58. The van der Waals surface area contributed by atoms with Gasteiger partial charge in [-0.1, -0.05) is 13.8 Å². The predicted molar refractivity (Wildman–Crippen MR) is 56.1 cm³/mol. The standard InChI is InChI=1S/C11H18N2O2/c1-7(2)11(15)13-6-9-4-10(13)5-12(9)8(3)14/h7,9-10H,4-6H2,1-3H3/t9-,10-/m1/s1. The summed E-state index contributed by atoms with van der Waals surface area (Å²) in [6, 6.07) is 0.545. The minimum atomic E-state index is 0.0649. The number of piperazine rings is 1. The second-order valence-corrected chi connectivity index (χ2v) is 4.86. The van der Waals surface area contributed by atoms with Crippen molar-refractivity contribution in [3.63, 3.8) is 0 Å². The van der Waals surface area contributed by atoms with Gasteiger partial charge in [0.2, 0.25) is 11.8 Å². The zero-order valence-corrected chi connectivity index (χ0v) is 9.56. The number of amides is 2. The maximum absolute atomic E-state index is 11.8. The van der Waals surface area contributed by atoms with E-state index < -0.39 is 0 Å². The molecule has 2 fully saturated rings. The van der Waals surface area contributed by atoms with Gasteiger partial charge in [-0.2, -0.15) is 0 Å². The largest absolute Gasteiger partial charge is 0.336 e. The average molecular weight is 210 g/mol. The molecule has 0 spiro atoms. The number of nitrogens with zero attached hydrogens (tertiary/aromatic N) is 2. The lowest BCUT2D eigenvalue weighted by Gasteiger charge is -2.34. The number of hydrogen-bond acceptors (Lipinski definition) is 2. The highest BCUT2D eigenvalue weighted by molar-refractivity contribution is 5.80. The van der Waals surface area contributed by atoms with Crippen LogP contribution in [0.2, 0.25) is 0 Å². The van der Waals surface area contributed by atoms with Crippen molar-refractivity contribution in [3.05, 3.63) is 0 Å². The molecule has 2 aliphatic heterocycles. The number of carbonyl (C=O) groups excluding carboxylic acids is 2. The fraction of sp³-hybridized carbons (Fsp3) is 0.818. The number of likely N-dealkylation sites (tertiary alicyclic amines) is 2. The summed E-state index contributed by atoms with van der Waals surface area (Å²) in [6.45, 7) is 6.93. The van der Waals surface area contributed by atoms with Crippen molar-refractivity contribution >= 4 is 11.8 Å². The van der Waals surface area contributed by atoms with Gasteiger partial charge in [-0.05, 0) is 6.42 Å². The van der Waals surface area contributed by atoms with Crippen LogP contribution in [0.3, 0.4) is 0 Å². The van der Waals surface area contributed by atoms with Gasteiger partial charge in [-0.15, -0.1) is 0 Å². The Morgan fingerprint density at radius 1 is 1.13 bits per heavy atom. The molecule has 0 saturated carbocycles. The van der Waals surface area contributed by atoms with Crippen molar-refractivity contribution < 1.29 is 9.59 Å². The van der Waals surface area contributed by atoms with Gasteiger partial charge in [0.25, 0.3) is 0 Å². The Labute approximate surface area is 90.2 Å². The molecule has 2 rings (SSSR count). The topological polar surface area (TPSA) is 40.6 Å². The molecule has 15 heavy (non-hydrogen) atoms. The molecule has 84 valence electrons. The molecule has 0 unspecified atom stereocenters. The third-order valence-electron chi connectivity index (χ3n) is 3.42. The van der Waals surface area contributed by atoms with E-state index in [1.807, 2.05) is 23.6 Å². The van der Waals surface area contributed by atoms with Crippen LogP contribution in [0.15, 0.2) is 0 Å². The van der Waals surface area contributed by atoms with E-state index in [0.717, 1.165) is 19.5 Å². The molecule has 2 saturated heterocycles. The molecule has 2 heterocycles. The maximum Gasteiger partial charge on any atom is 0.225 e. The van der Waals surface area contributed by atoms with E-state index in [9.17, 15) is 9.59 Å². The van der Waals surface area contributed by atoms with Gasteiger partial charge in [-0.3, -0.25) is 9.59 Å². The molecular formula is C11H18N2O2. The summed E-state index contributed by atoms with van der Waals surface area (Å²) in [6.07, 6.45) is 0.970. The Kier molecular flexibility index (Phi) is 2.44. The highest BCUT2D eigenvalue weighted by Crippen LogP contribution is 2.31. The smallest absolute Gasteiger partial charge is 0.225 e. The van der Waals surface area contributed by atoms with Crippen LogP contribution in [-0.4, -0.2) is 46.8 Å². The lowest BCUT2D eigenvalue weighted by atomic mass is 10.1. The summed E-state index contributed by atoms with van der Waals surface area (Å²) >= 11 is 0. The van der Waals surface area contributed by atoms with Gasteiger partial charge in [0.1, 0.15) is 0 Å². The first-order valence-electron chi connectivity index (χ1n) is 5.58.